The predicted octanol–water partition coefficient (Wildman–Crippen LogP) is 9.69. The molecule has 0 N–H and O–H groups in total. The molecule has 0 aliphatic heterocycles. The van der Waals surface area contributed by atoms with Crippen molar-refractivity contribution in [1.82, 2.24) is 0 Å². The Morgan fingerprint density at radius 1 is 0.545 bits per heavy atom. The number of fused-ring (bicyclic) bond motifs is 2. The summed E-state index contributed by atoms with van der Waals surface area (Å²) in [6.07, 6.45) is 20.6. The van der Waals surface area contributed by atoms with Crippen molar-refractivity contribution in [3.8, 4) is 22.3 Å². The van der Waals surface area contributed by atoms with E-state index in [1.54, 1.807) is 0 Å². The van der Waals surface area contributed by atoms with Gasteiger partial charge in [-0.15, -0.1) is 0 Å². The smallest absolute Gasteiger partial charge is 0.0105 e. The third kappa shape index (κ3) is 4.71. The first-order valence-corrected chi connectivity index (χ1v) is 12.4. The van der Waals surface area contributed by atoms with E-state index in [4.69, 9.17) is 0 Å². The van der Waals surface area contributed by atoms with Crippen LogP contribution in [0.4, 0.5) is 0 Å². The lowest BCUT2D eigenvalue weighted by molar-refractivity contribution is 0.420. The van der Waals surface area contributed by atoms with Crippen molar-refractivity contribution in [2.45, 2.75) is 39.0 Å². The fourth-order valence-electron chi connectivity index (χ4n) is 5.22. The zero-order valence-corrected chi connectivity index (χ0v) is 19.5. The molecular formula is C33H32. The Balaban J connectivity index is 1.52. The fraction of sp³-hybridized carbons (Fsp3) is 0.212. The van der Waals surface area contributed by atoms with Gasteiger partial charge in [-0.05, 0) is 82.3 Å². The van der Waals surface area contributed by atoms with Crippen molar-refractivity contribution in [2.75, 3.05) is 0 Å². The fourth-order valence-corrected chi connectivity index (χ4v) is 5.22. The summed E-state index contributed by atoms with van der Waals surface area (Å²) >= 11 is 0. The summed E-state index contributed by atoms with van der Waals surface area (Å²) in [4.78, 5) is 0. The van der Waals surface area contributed by atoms with E-state index < -0.39 is 0 Å². The Morgan fingerprint density at radius 3 is 1.48 bits per heavy atom. The first-order valence-electron chi connectivity index (χ1n) is 12.4. The van der Waals surface area contributed by atoms with Crippen molar-refractivity contribution in [3.05, 3.63) is 107 Å². The first kappa shape index (κ1) is 21.5. The van der Waals surface area contributed by atoms with Gasteiger partial charge in [0.15, 0.2) is 0 Å². The van der Waals surface area contributed by atoms with Crippen LogP contribution in [-0.4, -0.2) is 0 Å². The molecular weight excluding hydrogens is 396 g/mol. The van der Waals surface area contributed by atoms with Crippen LogP contribution in [0.25, 0.3) is 46.6 Å². The molecule has 0 nitrogen and oxygen atoms in total. The second kappa shape index (κ2) is 10.0. The minimum atomic E-state index is 0.738. The molecule has 0 heterocycles. The second-order valence-corrected chi connectivity index (χ2v) is 9.18. The molecule has 33 heavy (non-hydrogen) atoms. The van der Waals surface area contributed by atoms with E-state index in [2.05, 4.69) is 116 Å². The maximum absolute atomic E-state index is 2.46. The molecule has 0 radical (unpaired) electrons. The van der Waals surface area contributed by atoms with Crippen molar-refractivity contribution < 1.29 is 0 Å². The average Bonchev–Trinajstić information content (AvgIpc) is 3.09. The summed E-state index contributed by atoms with van der Waals surface area (Å²) in [5, 5.41) is 0. The third-order valence-corrected chi connectivity index (χ3v) is 6.93. The van der Waals surface area contributed by atoms with E-state index in [1.165, 1.54) is 76.6 Å². The minimum Gasteiger partial charge on any atom is -0.0870 e. The lowest BCUT2D eigenvalue weighted by Crippen LogP contribution is -2.02. The highest BCUT2D eigenvalue weighted by atomic mass is 14.2. The second-order valence-electron chi connectivity index (χ2n) is 9.18. The molecule has 0 unspecified atom stereocenters. The van der Waals surface area contributed by atoms with Gasteiger partial charge in [-0.2, -0.15) is 0 Å². The van der Waals surface area contributed by atoms with Crippen molar-refractivity contribution in [3.63, 3.8) is 0 Å². The molecule has 164 valence electrons. The van der Waals surface area contributed by atoms with Crippen LogP contribution in [-0.2, 0) is 0 Å². The molecule has 1 saturated carbocycles. The summed E-state index contributed by atoms with van der Waals surface area (Å²) in [6, 6.07) is 26.4. The Labute approximate surface area is 198 Å². The highest BCUT2D eigenvalue weighted by Crippen LogP contribution is 2.37. The van der Waals surface area contributed by atoms with Crippen molar-refractivity contribution >= 4 is 24.3 Å². The van der Waals surface area contributed by atoms with E-state index in [0.717, 1.165) is 5.92 Å². The number of hydrogen-bond acceptors (Lipinski definition) is 0. The summed E-state index contributed by atoms with van der Waals surface area (Å²) in [7, 11) is 0. The van der Waals surface area contributed by atoms with Gasteiger partial charge < -0.3 is 0 Å². The molecule has 5 aliphatic rings. The van der Waals surface area contributed by atoms with Gasteiger partial charge in [0.05, 0.1) is 0 Å². The van der Waals surface area contributed by atoms with Gasteiger partial charge in [-0.3, -0.25) is 0 Å². The minimum absolute atomic E-state index is 0.738. The topological polar surface area (TPSA) is 0 Å². The van der Waals surface area contributed by atoms with E-state index in [9.17, 15) is 0 Å². The van der Waals surface area contributed by atoms with Crippen LogP contribution in [0.2, 0.25) is 0 Å². The lowest BCUT2D eigenvalue weighted by atomic mass is 9.88. The molecule has 0 bridgehead atoms. The Morgan fingerprint density at radius 2 is 1.00 bits per heavy atom. The summed E-state index contributed by atoms with van der Waals surface area (Å²) in [5.74, 6) is 0.738. The summed E-state index contributed by atoms with van der Waals surface area (Å²) < 4.78 is 0. The molecule has 5 aliphatic carbocycles. The van der Waals surface area contributed by atoms with Gasteiger partial charge in [-0.1, -0.05) is 116 Å². The van der Waals surface area contributed by atoms with Crippen molar-refractivity contribution in [2.24, 2.45) is 5.92 Å². The molecule has 5 rings (SSSR count). The molecule has 0 aromatic carbocycles. The Kier molecular flexibility index (Phi) is 6.53. The normalized spacial score (nSPS) is 15.5. The molecule has 0 aromatic heterocycles. The van der Waals surface area contributed by atoms with Crippen LogP contribution >= 0.6 is 0 Å². The zero-order valence-electron chi connectivity index (χ0n) is 19.5. The number of hydrogen-bond donors (Lipinski definition) is 0. The standard InChI is InChI=1S/C33H32/c1-2-12-26-23-28(32-17-10-4-8-15-30(26)32)21-22-29-24-27(20-19-25-13-6-3-7-14-25)31-16-9-5-11-18-33(29)31/h2,4-5,8-12,15-25H,3,6-7,13-14H2,1H3/b12-2+,20-19-,22-21+. The average molecular weight is 429 g/mol. The monoisotopic (exact) mass is 428 g/mol. The van der Waals surface area contributed by atoms with E-state index >= 15 is 0 Å². The predicted molar refractivity (Wildman–Crippen MR) is 145 cm³/mol. The maximum Gasteiger partial charge on any atom is -0.0105 e. The molecule has 0 aromatic rings. The van der Waals surface area contributed by atoms with Gasteiger partial charge in [0.25, 0.3) is 0 Å². The van der Waals surface area contributed by atoms with E-state index in [-0.39, 0.29) is 0 Å². The molecule has 0 spiro atoms. The van der Waals surface area contributed by atoms with Crippen LogP contribution in [0.1, 0.15) is 61.3 Å². The van der Waals surface area contributed by atoms with E-state index in [1.807, 2.05) is 0 Å². The summed E-state index contributed by atoms with van der Waals surface area (Å²) in [6.45, 7) is 2.08. The highest BCUT2D eigenvalue weighted by Gasteiger charge is 2.15. The van der Waals surface area contributed by atoms with Crippen LogP contribution in [0.3, 0.4) is 0 Å². The van der Waals surface area contributed by atoms with Crippen molar-refractivity contribution in [1.29, 1.82) is 0 Å². The highest BCUT2D eigenvalue weighted by molar-refractivity contribution is 5.93. The van der Waals surface area contributed by atoms with Gasteiger partial charge >= 0.3 is 0 Å². The Bertz CT molecular complexity index is 1250. The van der Waals surface area contributed by atoms with Gasteiger partial charge in [-0.25, -0.2) is 0 Å². The van der Waals surface area contributed by atoms with Crippen LogP contribution in [0.15, 0.2) is 84.9 Å². The molecule has 0 saturated heterocycles. The molecule has 0 atom stereocenters. The van der Waals surface area contributed by atoms with Crippen LogP contribution in [0.5, 0.6) is 0 Å². The number of rotatable bonds is 5. The van der Waals surface area contributed by atoms with E-state index in [0.29, 0.717) is 0 Å². The maximum atomic E-state index is 2.46. The molecule has 0 amide bonds. The number of allylic oxidation sites excluding steroid dienone is 2. The SMILES string of the molecule is C/C=C/c1cc(/C=C/c2cc(/C=C\C3CCCCC3)c3cccccc2-3)c2cccccc1-2. The quantitative estimate of drug-likeness (QED) is 0.297. The van der Waals surface area contributed by atoms with Gasteiger partial charge in [0.1, 0.15) is 0 Å². The molecule has 1 fully saturated rings. The van der Waals surface area contributed by atoms with Gasteiger partial charge in [0, 0.05) is 0 Å². The zero-order chi connectivity index (χ0) is 22.5. The third-order valence-electron chi connectivity index (χ3n) is 6.93. The van der Waals surface area contributed by atoms with Crippen LogP contribution < -0.4 is 0 Å². The Hall–Kier alpha value is -3.38. The van der Waals surface area contributed by atoms with Gasteiger partial charge in [0.2, 0.25) is 0 Å². The largest absolute Gasteiger partial charge is 0.0870 e. The van der Waals surface area contributed by atoms with Crippen LogP contribution in [0, 0.1) is 5.92 Å². The lowest BCUT2D eigenvalue weighted by Gasteiger charge is -2.17. The summed E-state index contributed by atoms with van der Waals surface area (Å²) in [5.41, 5.74) is 10.4. The first-order chi connectivity index (χ1) is 16.3. The molecule has 0 heteroatoms.